The van der Waals surface area contributed by atoms with Gasteiger partial charge in [0.15, 0.2) is 11.0 Å². The maximum atomic E-state index is 8.83. The fraction of sp³-hybridized carbons (Fsp3) is 0.167. The minimum atomic E-state index is 0.140. The van der Waals surface area contributed by atoms with E-state index in [2.05, 4.69) is 15.3 Å². The van der Waals surface area contributed by atoms with Crippen LogP contribution in [0.2, 0.25) is 5.15 Å². The third-order valence-electron chi connectivity index (χ3n) is 2.45. The van der Waals surface area contributed by atoms with Crippen LogP contribution in [0, 0.1) is 0 Å². The average molecular weight is 265 g/mol. The number of nitrogens with two attached hydrogens (primary N) is 1. The largest absolute Gasteiger partial charge is 0.396 e. The van der Waals surface area contributed by atoms with Gasteiger partial charge < -0.3 is 16.2 Å². The van der Waals surface area contributed by atoms with E-state index in [1.165, 1.54) is 6.33 Å². The third-order valence-corrected chi connectivity index (χ3v) is 2.75. The summed E-state index contributed by atoms with van der Waals surface area (Å²) in [7, 11) is 0. The molecule has 94 valence electrons. The molecule has 0 fully saturated rings. The first-order chi connectivity index (χ1) is 8.70. The zero-order chi connectivity index (χ0) is 13.0. The second-order valence-corrected chi connectivity index (χ2v) is 4.08. The Hall–Kier alpha value is -1.85. The Morgan fingerprint density at radius 2 is 1.94 bits per heavy atom. The fourth-order valence-corrected chi connectivity index (χ4v) is 1.63. The highest BCUT2D eigenvalue weighted by molar-refractivity contribution is 6.32. The number of anilines is 3. The van der Waals surface area contributed by atoms with Crippen LogP contribution in [0.5, 0.6) is 0 Å². The van der Waals surface area contributed by atoms with Crippen LogP contribution in [0.15, 0.2) is 30.6 Å². The Bertz CT molecular complexity index is 530. The van der Waals surface area contributed by atoms with Crippen molar-refractivity contribution < 1.29 is 5.11 Å². The lowest BCUT2D eigenvalue weighted by Gasteiger charge is -2.09. The summed E-state index contributed by atoms with van der Waals surface area (Å²) in [5, 5.41) is 12.1. The van der Waals surface area contributed by atoms with Gasteiger partial charge in [-0.1, -0.05) is 23.7 Å². The van der Waals surface area contributed by atoms with Crippen molar-refractivity contribution >= 4 is 28.8 Å². The minimum Gasteiger partial charge on any atom is -0.396 e. The van der Waals surface area contributed by atoms with E-state index >= 15 is 0 Å². The summed E-state index contributed by atoms with van der Waals surface area (Å²) in [4.78, 5) is 7.80. The maximum Gasteiger partial charge on any atom is 0.158 e. The van der Waals surface area contributed by atoms with Crippen LogP contribution in [0.25, 0.3) is 0 Å². The third kappa shape index (κ3) is 2.88. The molecule has 2 rings (SSSR count). The van der Waals surface area contributed by atoms with Gasteiger partial charge in [0.2, 0.25) is 0 Å². The number of nitrogens with one attached hydrogen (secondary N) is 1. The Kier molecular flexibility index (Phi) is 3.96. The number of rotatable bonds is 4. The molecule has 0 saturated carbocycles. The zero-order valence-electron chi connectivity index (χ0n) is 9.60. The Morgan fingerprint density at radius 1 is 1.22 bits per heavy atom. The number of halogens is 1. The second kappa shape index (κ2) is 5.66. The molecule has 6 heteroatoms. The number of aliphatic hydroxyl groups is 1. The van der Waals surface area contributed by atoms with Gasteiger partial charge in [-0.3, -0.25) is 0 Å². The van der Waals surface area contributed by atoms with Crippen molar-refractivity contribution in [1.29, 1.82) is 0 Å². The first kappa shape index (κ1) is 12.6. The van der Waals surface area contributed by atoms with Crippen LogP contribution in [-0.2, 0) is 6.42 Å². The summed E-state index contributed by atoms with van der Waals surface area (Å²) in [6.45, 7) is 0.140. The van der Waals surface area contributed by atoms with Gasteiger partial charge in [-0.2, -0.15) is 0 Å². The summed E-state index contributed by atoms with van der Waals surface area (Å²) in [5.74, 6) is 0.477. The molecule has 0 radical (unpaired) electrons. The molecular formula is C12H13ClN4O. The van der Waals surface area contributed by atoms with Crippen molar-refractivity contribution in [1.82, 2.24) is 9.97 Å². The predicted octanol–water partition coefficient (Wildman–Crippen LogP) is 1.99. The average Bonchev–Trinajstić information content (AvgIpc) is 2.38. The summed E-state index contributed by atoms with van der Waals surface area (Å²) in [6.07, 6.45) is 1.99. The number of aliphatic hydroxyl groups excluding tert-OH is 1. The minimum absolute atomic E-state index is 0.140. The molecule has 0 aliphatic carbocycles. The molecule has 0 atom stereocenters. The van der Waals surface area contributed by atoms with Gasteiger partial charge >= 0.3 is 0 Å². The molecule has 18 heavy (non-hydrogen) atoms. The highest BCUT2D eigenvalue weighted by atomic mass is 35.5. The molecule has 1 aromatic carbocycles. The van der Waals surface area contributed by atoms with Gasteiger partial charge in [0, 0.05) is 12.3 Å². The molecule has 0 spiro atoms. The van der Waals surface area contributed by atoms with Crippen molar-refractivity contribution in [3.8, 4) is 0 Å². The molecule has 0 aliphatic heterocycles. The maximum absolute atomic E-state index is 8.83. The predicted molar refractivity (Wildman–Crippen MR) is 72.0 cm³/mol. The van der Waals surface area contributed by atoms with Crippen LogP contribution in [0.3, 0.4) is 0 Å². The number of hydrogen-bond acceptors (Lipinski definition) is 5. The second-order valence-electron chi connectivity index (χ2n) is 3.72. The van der Waals surface area contributed by atoms with E-state index in [1.807, 2.05) is 24.3 Å². The van der Waals surface area contributed by atoms with Gasteiger partial charge in [0.1, 0.15) is 12.0 Å². The van der Waals surface area contributed by atoms with Crippen molar-refractivity contribution in [2.45, 2.75) is 6.42 Å². The van der Waals surface area contributed by atoms with Crippen LogP contribution in [-0.4, -0.2) is 21.7 Å². The lowest BCUT2D eigenvalue weighted by molar-refractivity contribution is 0.299. The zero-order valence-corrected chi connectivity index (χ0v) is 10.4. The first-order valence-electron chi connectivity index (χ1n) is 5.43. The van der Waals surface area contributed by atoms with Gasteiger partial charge in [0.05, 0.1) is 0 Å². The quantitative estimate of drug-likeness (QED) is 0.736. The Labute approximate surface area is 110 Å². The molecule has 5 nitrogen and oxygen atoms in total. The highest BCUT2D eigenvalue weighted by Crippen LogP contribution is 2.25. The first-order valence-corrected chi connectivity index (χ1v) is 5.81. The Morgan fingerprint density at radius 3 is 2.61 bits per heavy atom. The fourth-order valence-electron chi connectivity index (χ4n) is 1.49. The van der Waals surface area contributed by atoms with Gasteiger partial charge in [0.25, 0.3) is 0 Å². The Balaban J connectivity index is 2.16. The molecule has 0 unspecified atom stereocenters. The highest BCUT2D eigenvalue weighted by Gasteiger charge is 2.05. The van der Waals surface area contributed by atoms with E-state index in [9.17, 15) is 0 Å². The van der Waals surface area contributed by atoms with E-state index in [4.69, 9.17) is 22.4 Å². The van der Waals surface area contributed by atoms with Gasteiger partial charge in [-0.05, 0) is 24.1 Å². The molecule has 1 aromatic heterocycles. The van der Waals surface area contributed by atoms with Crippen LogP contribution < -0.4 is 11.1 Å². The number of aromatic nitrogens is 2. The lowest BCUT2D eigenvalue weighted by Crippen LogP contribution is -2.01. The van der Waals surface area contributed by atoms with Crippen LogP contribution in [0.1, 0.15) is 5.56 Å². The molecule has 0 saturated heterocycles. The van der Waals surface area contributed by atoms with E-state index in [-0.39, 0.29) is 11.8 Å². The molecule has 4 N–H and O–H groups in total. The van der Waals surface area contributed by atoms with Crippen LogP contribution in [0.4, 0.5) is 17.2 Å². The summed E-state index contributed by atoms with van der Waals surface area (Å²) >= 11 is 5.80. The number of benzene rings is 1. The van der Waals surface area contributed by atoms with Crippen molar-refractivity contribution in [3.05, 3.63) is 41.3 Å². The van der Waals surface area contributed by atoms with Gasteiger partial charge in [-0.15, -0.1) is 0 Å². The molecule has 0 amide bonds. The van der Waals surface area contributed by atoms with Crippen LogP contribution >= 0.6 is 11.6 Å². The summed E-state index contributed by atoms with van der Waals surface area (Å²) < 4.78 is 0. The number of hydrogen-bond donors (Lipinski definition) is 3. The molecule has 0 bridgehead atoms. The normalized spacial score (nSPS) is 10.3. The van der Waals surface area contributed by atoms with E-state index < -0.39 is 0 Å². The molecule has 0 aliphatic rings. The van der Waals surface area contributed by atoms with Crippen molar-refractivity contribution in [2.24, 2.45) is 0 Å². The SMILES string of the molecule is Nc1c(Cl)ncnc1Nc1ccc(CCO)cc1. The number of nitrogens with zero attached hydrogens (tertiary/aromatic N) is 2. The van der Waals surface area contributed by atoms with Crippen molar-refractivity contribution in [2.75, 3.05) is 17.7 Å². The van der Waals surface area contributed by atoms with Gasteiger partial charge in [-0.25, -0.2) is 9.97 Å². The number of nitrogen functional groups attached to an aromatic ring is 1. The molecular weight excluding hydrogens is 252 g/mol. The molecule has 2 aromatic rings. The van der Waals surface area contributed by atoms with Crippen molar-refractivity contribution in [3.63, 3.8) is 0 Å². The van der Waals surface area contributed by atoms with E-state index in [0.717, 1.165) is 11.3 Å². The van der Waals surface area contributed by atoms with E-state index in [0.29, 0.717) is 17.9 Å². The summed E-state index contributed by atoms with van der Waals surface area (Å²) in [5.41, 5.74) is 7.99. The smallest absolute Gasteiger partial charge is 0.158 e. The topological polar surface area (TPSA) is 84.1 Å². The molecule has 1 heterocycles. The summed E-state index contributed by atoms with van der Waals surface area (Å²) in [6, 6.07) is 7.63. The monoisotopic (exact) mass is 264 g/mol. The van der Waals surface area contributed by atoms with E-state index in [1.54, 1.807) is 0 Å². The lowest BCUT2D eigenvalue weighted by atomic mass is 10.1. The standard InChI is InChI=1S/C12H13ClN4O/c13-11-10(14)12(16-7-15-11)17-9-3-1-8(2-4-9)5-6-18/h1-4,7,18H,5-6,14H2,(H,15,16,17).